The first-order valence-corrected chi connectivity index (χ1v) is 41.9. The molecule has 0 aromatic heterocycles. The molecule has 1 amide bonds. The second kappa shape index (κ2) is 68.1. The van der Waals surface area contributed by atoms with Crippen molar-refractivity contribution in [3.8, 4) is 0 Å². The van der Waals surface area contributed by atoms with E-state index in [1.807, 2.05) is 6.08 Å². The van der Waals surface area contributed by atoms with Gasteiger partial charge >= 0.3 is 0 Å². The van der Waals surface area contributed by atoms with Crippen LogP contribution >= 0.6 is 0 Å². The molecule has 0 radical (unpaired) electrons. The first kappa shape index (κ1) is 92.0. The van der Waals surface area contributed by atoms with Crippen molar-refractivity contribution in [2.45, 2.75) is 460 Å². The summed E-state index contributed by atoms with van der Waals surface area (Å²) in [6, 6.07) is -0.940. The maximum atomic E-state index is 13.4. The van der Waals surface area contributed by atoms with Gasteiger partial charge in [-0.15, -0.1) is 0 Å². The number of allylic oxidation sites excluding steroid dienone is 7. The number of unbranched alkanes of at least 4 members (excludes halogenated alkanes) is 52. The summed E-state index contributed by atoms with van der Waals surface area (Å²) < 4.78 is 22.9. The van der Waals surface area contributed by atoms with Crippen LogP contribution in [0.5, 0.6) is 0 Å². The molecule has 2 rings (SSSR count). The summed E-state index contributed by atoms with van der Waals surface area (Å²) in [7, 11) is 0. The first-order valence-electron chi connectivity index (χ1n) is 41.9. The van der Waals surface area contributed by atoms with E-state index in [4.69, 9.17) is 18.9 Å². The fraction of sp³-hybridized carbons (Fsp3) is 0.893. The fourth-order valence-corrected chi connectivity index (χ4v) is 13.9. The molecule has 0 aliphatic carbocycles. The maximum Gasteiger partial charge on any atom is 0.220 e. The molecule has 576 valence electrons. The number of rotatable bonds is 71. The van der Waals surface area contributed by atoms with Crippen molar-refractivity contribution in [1.82, 2.24) is 5.32 Å². The average molecular weight is 1390 g/mol. The molecule has 0 aromatic carbocycles. The lowest BCUT2D eigenvalue weighted by Crippen LogP contribution is -2.65. The summed E-state index contributed by atoms with van der Waals surface area (Å²) in [6.45, 7) is 2.84. The second-order valence-electron chi connectivity index (χ2n) is 29.6. The number of nitrogens with one attached hydrogen (secondary N) is 1. The van der Waals surface area contributed by atoms with Gasteiger partial charge in [-0.3, -0.25) is 4.79 Å². The summed E-state index contributed by atoms with van der Waals surface area (Å²) >= 11 is 0. The third-order valence-corrected chi connectivity index (χ3v) is 20.5. The fourth-order valence-electron chi connectivity index (χ4n) is 13.9. The lowest BCUT2D eigenvalue weighted by molar-refractivity contribution is -0.359. The van der Waals surface area contributed by atoms with Crippen LogP contribution in [0.2, 0.25) is 0 Å². The average Bonchev–Trinajstić information content (AvgIpc) is 0.793. The van der Waals surface area contributed by atoms with Crippen molar-refractivity contribution in [2.24, 2.45) is 0 Å². The van der Waals surface area contributed by atoms with E-state index in [0.717, 1.165) is 44.9 Å². The number of carbonyl (C=O) groups excluding carboxylic acids is 1. The third-order valence-electron chi connectivity index (χ3n) is 20.5. The van der Waals surface area contributed by atoms with Crippen LogP contribution in [0.3, 0.4) is 0 Å². The Balaban J connectivity index is 1.62. The van der Waals surface area contributed by atoms with Gasteiger partial charge in [0.25, 0.3) is 0 Å². The zero-order chi connectivity index (χ0) is 70.8. The quantitative estimate of drug-likeness (QED) is 0.0204. The van der Waals surface area contributed by atoms with E-state index >= 15 is 0 Å². The monoisotopic (exact) mass is 1390 g/mol. The lowest BCUT2D eigenvalue weighted by Gasteiger charge is -2.46. The number of hydrogen-bond acceptors (Lipinski definition) is 13. The lowest BCUT2D eigenvalue weighted by atomic mass is 9.97. The molecule has 14 heteroatoms. The maximum absolute atomic E-state index is 13.4. The molecule has 0 bridgehead atoms. The van der Waals surface area contributed by atoms with Crippen molar-refractivity contribution in [3.63, 3.8) is 0 Å². The molecule has 12 atom stereocenters. The van der Waals surface area contributed by atoms with E-state index in [1.165, 1.54) is 308 Å². The number of hydrogen-bond donors (Lipinski definition) is 9. The number of carbonyl (C=O) groups is 1. The Morgan fingerprint density at radius 1 is 0.357 bits per heavy atom. The van der Waals surface area contributed by atoms with Gasteiger partial charge in [0.15, 0.2) is 12.6 Å². The normalized spacial score (nSPS) is 22.2. The Labute approximate surface area is 601 Å². The predicted molar refractivity (Wildman–Crippen MR) is 406 cm³/mol. The summed E-state index contributed by atoms with van der Waals surface area (Å²) in [4.78, 5) is 13.4. The highest BCUT2D eigenvalue weighted by Gasteiger charge is 2.51. The van der Waals surface area contributed by atoms with E-state index in [-0.39, 0.29) is 18.9 Å². The predicted octanol–water partition coefficient (Wildman–Crippen LogP) is 19.4. The van der Waals surface area contributed by atoms with Gasteiger partial charge in [0.05, 0.1) is 32.0 Å². The van der Waals surface area contributed by atoms with E-state index in [9.17, 15) is 45.6 Å². The van der Waals surface area contributed by atoms with E-state index in [2.05, 4.69) is 55.6 Å². The molecular weight excluding hydrogens is 1230 g/mol. The van der Waals surface area contributed by atoms with Crippen LogP contribution in [0.1, 0.15) is 386 Å². The van der Waals surface area contributed by atoms with Crippen LogP contribution in [0, 0.1) is 0 Å². The molecule has 9 N–H and O–H groups in total. The van der Waals surface area contributed by atoms with Crippen molar-refractivity contribution in [3.05, 3.63) is 48.6 Å². The highest BCUT2D eigenvalue weighted by Crippen LogP contribution is 2.30. The van der Waals surface area contributed by atoms with Crippen molar-refractivity contribution in [2.75, 3.05) is 19.8 Å². The molecule has 14 nitrogen and oxygen atoms in total. The minimum Gasteiger partial charge on any atom is -0.394 e. The summed E-state index contributed by atoms with van der Waals surface area (Å²) in [5, 5.41) is 87.7. The Hall–Kier alpha value is -2.05. The zero-order valence-corrected chi connectivity index (χ0v) is 63.3. The van der Waals surface area contributed by atoms with Crippen LogP contribution in [-0.4, -0.2) is 140 Å². The third kappa shape index (κ3) is 50.4. The molecule has 98 heavy (non-hydrogen) atoms. The van der Waals surface area contributed by atoms with Gasteiger partial charge in [-0.05, 0) is 70.6 Å². The van der Waals surface area contributed by atoms with Crippen LogP contribution in [0.15, 0.2) is 48.6 Å². The standard InChI is InChI=1S/C84H157NO13/c1-3-5-7-9-11-13-15-17-19-21-23-25-27-29-31-33-35-36-38-40-42-44-46-48-50-52-54-56-58-60-62-64-66-68-76(89)85-72(71-95-83-81(94)79(92)82(75(70-87)97-83)98-84-80(93)78(91)77(90)74(69-86)96-84)73(88)67-65-63-61-59-57-55-53-51-49-47-45-43-41-39-37-34-32-30-28-26-24-22-20-18-16-14-12-10-8-6-4-2/h21,23,49,51,57,59,65,67,72-75,77-84,86-88,90-94H,3-20,22,24-48,50,52-56,58,60-64,66,68-71H2,1-2H3,(H,85,89)/b23-21-,51-49+,59-57+,67-65+. The van der Waals surface area contributed by atoms with Crippen molar-refractivity contribution < 1.29 is 64.6 Å². The van der Waals surface area contributed by atoms with Crippen molar-refractivity contribution in [1.29, 1.82) is 0 Å². The number of aliphatic hydroxyl groups excluding tert-OH is 8. The zero-order valence-electron chi connectivity index (χ0n) is 63.3. The minimum absolute atomic E-state index is 0.246. The molecular formula is C84H157NO13. The van der Waals surface area contributed by atoms with Gasteiger partial charge in [-0.25, -0.2) is 0 Å². The van der Waals surface area contributed by atoms with Gasteiger partial charge in [0.2, 0.25) is 5.91 Å². The van der Waals surface area contributed by atoms with Gasteiger partial charge < -0.3 is 65.1 Å². The highest BCUT2D eigenvalue weighted by atomic mass is 16.7. The van der Waals surface area contributed by atoms with Crippen molar-refractivity contribution >= 4 is 5.91 Å². The topological polar surface area (TPSA) is 228 Å². The Bertz CT molecular complexity index is 1830. The van der Waals surface area contributed by atoms with Crippen LogP contribution in [0.25, 0.3) is 0 Å². The molecule has 0 spiro atoms. The molecule has 2 aliphatic rings. The molecule has 12 unspecified atom stereocenters. The van der Waals surface area contributed by atoms with Crippen LogP contribution < -0.4 is 5.32 Å². The first-order chi connectivity index (χ1) is 48.1. The Morgan fingerprint density at radius 2 is 0.653 bits per heavy atom. The number of aliphatic hydroxyl groups is 8. The van der Waals surface area contributed by atoms with Gasteiger partial charge in [-0.1, -0.05) is 358 Å². The summed E-state index contributed by atoms with van der Waals surface area (Å²) in [5.41, 5.74) is 0. The molecule has 2 heterocycles. The molecule has 0 saturated carbocycles. The van der Waals surface area contributed by atoms with Gasteiger partial charge in [-0.2, -0.15) is 0 Å². The largest absolute Gasteiger partial charge is 0.394 e. The van der Waals surface area contributed by atoms with E-state index in [1.54, 1.807) is 6.08 Å². The van der Waals surface area contributed by atoms with Crippen LogP contribution in [-0.2, 0) is 23.7 Å². The molecule has 2 aliphatic heterocycles. The Morgan fingerprint density at radius 3 is 1.00 bits per heavy atom. The van der Waals surface area contributed by atoms with E-state index in [0.29, 0.717) is 12.8 Å². The number of amides is 1. The molecule has 2 saturated heterocycles. The summed E-state index contributed by atoms with van der Waals surface area (Å²) in [6.07, 6.45) is 75.0. The highest BCUT2D eigenvalue weighted by molar-refractivity contribution is 5.76. The molecule has 2 fully saturated rings. The van der Waals surface area contributed by atoms with E-state index < -0.39 is 86.8 Å². The van der Waals surface area contributed by atoms with Gasteiger partial charge in [0, 0.05) is 6.42 Å². The smallest absolute Gasteiger partial charge is 0.220 e. The Kier molecular flexibility index (Phi) is 63.9. The minimum atomic E-state index is -1.79. The summed E-state index contributed by atoms with van der Waals surface area (Å²) in [5.74, 6) is -0.246. The second-order valence-corrected chi connectivity index (χ2v) is 29.6. The SMILES string of the molecule is CCCCCCCCCC/C=C\CCCCCCCCCCCCCCCCCCCCCCCC(=O)NC(COC1OC(CO)C(OC2OC(CO)C(O)C(O)C2O)C(O)C1O)C(O)/C=C/CC/C=C/CC/C=C/CCCCCCCCCCCCCCCCCCCCCCC. The van der Waals surface area contributed by atoms with Crippen LogP contribution in [0.4, 0.5) is 0 Å². The van der Waals surface area contributed by atoms with Gasteiger partial charge in [0.1, 0.15) is 48.8 Å². The number of ether oxygens (including phenoxy) is 4. The molecule has 0 aromatic rings.